The van der Waals surface area contributed by atoms with Crippen molar-refractivity contribution in [2.75, 3.05) is 17.4 Å². The summed E-state index contributed by atoms with van der Waals surface area (Å²) in [5.41, 5.74) is 0.921. The number of halogens is 1. The van der Waals surface area contributed by atoms with Crippen molar-refractivity contribution in [3.05, 3.63) is 96.3 Å². The summed E-state index contributed by atoms with van der Waals surface area (Å²) in [7, 11) is -4.16. The molecule has 0 saturated carbocycles. The van der Waals surface area contributed by atoms with Crippen molar-refractivity contribution in [3.8, 4) is 0 Å². The number of hydrogen-bond acceptors (Lipinski definition) is 4. The van der Waals surface area contributed by atoms with Gasteiger partial charge < -0.3 is 10.2 Å². The fraction of sp³-hybridized carbons (Fsp3) is 0.231. The molecule has 35 heavy (non-hydrogen) atoms. The summed E-state index contributed by atoms with van der Waals surface area (Å²) in [4.78, 5) is 27.5. The van der Waals surface area contributed by atoms with E-state index in [-0.39, 0.29) is 23.0 Å². The van der Waals surface area contributed by atoms with E-state index < -0.39 is 34.3 Å². The van der Waals surface area contributed by atoms with E-state index in [9.17, 15) is 22.4 Å². The molecule has 0 aliphatic carbocycles. The van der Waals surface area contributed by atoms with Crippen LogP contribution in [0.5, 0.6) is 0 Å². The van der Waals surface area contributed by atoms with Crippen LogP contribution in [-0.4, -0.2) is 44.3 Å². The molecule has 2 amide bonds. The number of benzene rings is 3. The summed E-state index contributed by atoms with van der Waals surface area (Å²) >= 11 is 0. The molecule has 1 N–H and O–H groups in total. The molecule has 0 aromatic heterocycles. The normalized spacial score (nSPS) is 12.0. The second kappa shape index (κ2) is 11.6. The van der Waals surface area contributed by atoms with Gasteiger partial charge in [-0.3, -0.25) is 13.9 Å². The molecule has 3 aromatic carbocycles. The van der Waals surface area contributed by atoms with Gasteiger partial charge in [0.05, 0.1) is 10.6 Å². The SMILES string of the molecule is CCNC(=O)[C@@H](C)N(Cc1ccccc1)C(=O)CN(c1ccc(F)cc1)S(=O)(=O)c1ccccc1. The van der Waals surface area contributed by atoms with E-state index in [1.54, 1.807) is 32.0 Å². The van der Waals surface area contributed by atoms with E-state index in [0.29, 0.717) is 6.54 Å². The predicted molar refractivity (Wildman–Crippen MR) is 133 cm³/mol. The Labute approximate surface area is 205 Å². The fourth-order valence-electron chi connectivity index (χ4n) is 3.54. The van der Waals surface area contributed by atoms with Crippen LogP contribution in [0.3, 0.4) is 0 Å². The van der Waals surface area contributed by atoms with Gasteiger partial charge in [-0.15, -0.1) is 0 Å². The largest absolute Gasteiger partial charge is 0.355 e. The monoisotopic (exact) mass is 497 g/mol. The van der Waals surface area contributed by atoms with Crippen LogP contribution in [0.4, 0.5) is 10.1 Å². The summed E-state index contributed by atoms with van der Waals surface area (Å²) in [6, 6.07) is 20.8. The van der Waals surface area contributed by atoms with Gasteiger partial charge in [-0.2, -0.15) is 0 Å². The summed E-state index contributed by atoms with van der Waals surface area (Å²) in [5.74, 6) is -1.46. The van der Waals surface area contributed by atoms with Gasteiger partial charge in [0.25, 0.3) is 10.0 Å². The maximum Gasteiger partial charge on any atom is 0.264 e. The summed E-state index contributed by atoms with van der Waals surface area (Å²) < 4.78 is 41.6. The summed E-state index contributed by atoms with van der Waals surface area (Å²) in [5, 5.41) is 2.71. The summed E-state index contributed by atoms with van der Waals surface area (Å²) in [6.45, 7) is 3.30. The Bertz CT molecular complexity index is 1240. The Hall–Kier alpha value is -3.72. The average Bonchev–Trinajstić information content (AvgIpc) is 2.87. The second-order valence-electron chi connectivity index (χ2n) is 7.88. The smallest absolute Gasteiger partial charge is 0.264 e. The number of likely N-dealkylation sites (N-methyl/N-ethyl adjacent to an activating group) is 1. The van der Waals surface area contributed by atoms with Crippen molar-refractivity contribution in [2.45, 2.75) is 31.3 Å². The van der Waals surface area contributed by atoms with Gasteiger partial charge in [0.2, 0.25) is 11.8 Å². The number of rotatable bonds is 10. The molecule has 0 radical (unpaired) electrons. The van der Waals surface area contributed by atoms with Gasteiger partial charge in [0.15, 0.2) is 0 Å². The predicted octanol–water partition coefficient (Wildman–Crippen LogP) is 3.57. The molecule has 0 spiro atoms. The lowest BCUT2D eigenvalue weighted by Gasteiger charge is -2.32. The fourth-order valence-corrected chi connectivity index (χ4v) is 4.98. The molecule has 0 heterocycles. The van der Waals surface area contributed by atoms with E-state index >= 15 is 0 Å². The molecule has 3 rings (SSSR count). The zero-order valence-corrected chi connectivity index (χ0v) is 20.4. The maximum absolute atomic E-state index is 13.6. The van der Waals surface area contributed by atoms with E-state index in [2.05, 4.69) is 5.32 Å². The lowest BCUT2D eigenvalue weighted by Crippen LogP contribution is -2.51. The van der Waals surface area contributed by atoms with Crippen molar-refractivity contribution in [1.82, 2.24) is 10.2 Å². The topological polar surface area (TPSA) is 86.8 Å². The minimum atomic E-state index is -4.16. The lowest BCUT2D eigenvalue weighted by atomic mass is 10.1. The third-order valence-corrected chi connectivity index (χ3v) is 7.23. The Morgan fingerprint density at radius 1 is 0.914 bits per heavy atom. The molecular weight excluding hydrogens is 469 g/mol. The number of carbonyl (C=O) groups excluding carboxylic acids is 2. The Kier molecular flexibility index (Phi) is 8.59. The van der Waals surface area contributed by atoms with Crippen LogP contribution in [0.1, 0.15) is 19.4 Å². The molecule has 3 aromatic rings. The highest BCUT2D eigenvalue weighted by Crippen LogP contribution is 2.24. The number of sulfonamides is 1. The van der Waals surface area contributed by atoms with Crippen molar-refractivity contribution in [2.24, 2.45) is 0 Å². The van der Waals surface area contributed by atoms with E-state index in [4.69, 9.17) is 0 Å². The second-order valence-corrected chi connectivity index (χ2v) is 9.74. The number of amides is 2. The Morgan fingerprint density at radius 3 is 2.06 bits per heavy atom. The highest BCUT2D eigenvalue weighted by molar-refractivity contribution is 7.92. The van der Waals surface area contributed by atoms with Crippen molar-refractivity contribution in [3.63, 3.8) is 0 Å². The molecule has 0 aliphatic heterocycles. The van der Waals surface area contributed by atoms with E-state index in [0.717, 1.165) is 22.0 Å². The summed E-state index contributed by atoms with van der Waals surface area (Å²) in [6.07, 6.45) is 0. The van der Waals surface area contributed by atoms with Crippen molar-refractivity contribution >= 4 is 27.5 Å². The highest BCUT2D eigenvalue weighted by atomic mass is 32.2. The third kappa shape index (κ3) is 6.45. The van der Waals surface area contributed by atoms with Gasteiger partial charge in [0, 0.05) is 13.1 Å². The standard InChI is InChI=1S/C26H28FN3O4S/c1-3-28-26(32)20(2)29(18-21-10-6-4-7-11-21)25(31)19-30(23-16-14-22(27)15-17-23)35(33,34)24-12-8-5-9-13-24/h4-17,20H,3,18-19H2,1-2H3,(H,28,32)/t20-/m1/s1. The molecular formula is C26H28FN3O4S. The van der Waals surface area contributed by atoms with Crippen LogP contribution in [-0.2, 0) is 26.2 Å². The number of carbonyl (C=O) groups is 2. The third-order valence-electron chi connectivity index (χ3n) is 5.44. The molecule has 0 unspecified atom stereocenters. The Balaban J connectivity index is 2.00. The number of anilines is 1. The molecule has 0 aliphatic rings. The molecule has 0 saturated heterocycles. The van der Waals surface area contributed by atoms with Crippen molar-refractivity contribution < 1.29 is 22.4 Å². The average molecular weight is 498 g/mol. The van der Waals surface area contributed by atoms with Gasteiger partial charge in [-0.05, 0) is 55.8 Å². The molecule has 184 valence electrons. The van der Waals surface area contributed by atoms with Crippen LogP contribution >= 0.6 is 0 Å². The number of hydrogen-bond donors (Lipinski definition) is 1. The van der Waals surface area contributed by atoms with Gasteiger partial charge in [-0.1, -0.05) is 48.5 Å². The first-order valence-corrected chi connectivity index (χ1v) is 12.6. The van der Waals surface area contributed by atoms with Crippen LogP contribution in [0.25, 0.3) is 0 Å². The first-order chi connectivity index (χ1) is 16.7. The van der Waals surface area contributed by atoms with Crippen LogP contribution in [0.15, 0.2) is 89.8 Å². The molecule has 0 bridgehead atoms. The van der Waals surface area contributed by atoms with Crippen LogP contribution in [0.2, 0.25) is 0 Å². The zero-order chi connectivity index (χ0) is 25.4. The minimum Gasteiger partial charge on any atom is -0.355 e. The van der Waals surface area contributed by atoms with Gasteiger partial charge >= 0.3 is 0 Å². The molecule has 1 atom stereocenters. The minimum absolute atomic E-state index is 0.0106. The number of nitrogens with one attached hydrogen (secondary N) is 1. The quantitative estimate of drug-likeness (QED) is 0.464. The van der Waals surface area contributed by atoms with Crippen LogP contribution < -0.4 is 9.62 Å². The first-order valence-electron chi connectivity index (χ1n) is 11.2. The molecule has 7 nitrogen and oxygen atoms in total. The maximum atomic E-state index is 13.6. The molecule has 9 heteroatoms. The van der Waals surface area contributed by atoms with Gasteiger partial charge in [0.1, 0.15) is 18.4 Å². The van der Waals surface area contributed by atoms with Gasteiger partial charge in [-0.25, -0.2) is 12.8 Å². The van der Waals surface area contributed by atoms with Crippen LogP contribution in [0, 0.1) is 5.82 Å². The molecule has 0 fully saturated rings. The van der Waals surface area contributed by atoms with Crippen molar-refractivity contribution in [1.29, 1.82) is 0 Å². The lowest BCUT2D eigenvalue weighted by molar-refractivity contribution is -0.139. The van der Waals surface area contributed by atoms with E-state index in [1.807, 2.05) is 30.3 Å². The highest BCUT2D eigenvalue weighted by Gasteiger charge is 2.32. The first kappa shape index (κ1) is 25.9. The zero-order valence-electron chi connectivity index (χ0n) is 19.6. The van der Waals surface area contributed by atoms with E-state index in [1.165, 1.54) is 29.2 Å². The number of nitrogens with zero attached hydrogens (tertiary/aromatic N) is 2. The Morgan fingerprint density at radius 2 is 1.49 bits per heavy atom.